The maximum absolute atomic E-state index is 6.03. The van der Waals surface area contributed by atoms with Crippen LogP contribution in [0, 0.1) is 0 Å². The number of fused-ring (bicyclic) bond motifs is 1. The monoisotopic (exact) mass is 258 g/mol. The van der Waals surface area contributed by atoms with Crippen LogP contribution in [-0.4, -0.2) is 9.55 Å². The highest BCUT2D eigenvalue weighted by Crippen LogP contribution is 2.34. The van der Waals surface area contributed by atoms with E-state index in [2.05, 4.69) is 22.2 Å². The molecular weight excluding hydrogens is 248 g/mol. The molecule has 0 fully saturated rings. The Balaban J connectivity index is 2.30. The summed E-state index contributed by atoms with van der Waals surface area (Å²) in [4.78, 5) is 3.92. The number of nitrogens with zero attached hydrogens (tertiary/aromatic N) is 2. The first kappa shape index (κ1) is 11.1. The molecule has 0 N–H and O–H groups in total. The maximum atomic E-state index is 6.03. The van der Waals surface area contributed by atoms with Gasteiger partial charge in [0.2, 0.25) is 0 Å². The molecule has 0 spiro atoms. The first-order valence-electron chi connectivity index (χ1n) is 5.59. The highest BCUT2D eigenvalue weighted by Gasteiger charge is 2.15. The fourth-order valence-corrected chi connectivity index (χ4v) is 2.31. The molecule has 0 atom stereocenters. The molecule has 0 amide bonds. The van der Waals surface area contributed by atoms with Crippen LogP contribution in [0.15, 0.2) is 53.9 Å². The largest absolute Gasteiger partial charge is 0.442 e. The van der Waals surface area contributed by atoms with Crippen LogP contribution in [0.2, 0.25) is 5.15 Å². The van der Waals surface area contributed by atoms with E-state index in [1.54, 1.807) is 0 Å². The van der Waals surface area contributed by atoms with Gasteiger partial charge < -0.3 is 8.98 Å². The number of halogens is 1. The summed E-state index contributed by atoms with van der Waals surface area (Å²) in [5, 5.41) is 1.48. The van der Waals surface area contributed by atoms with Gasteiger partial charge in [-0.1, -0.05) is 35.9 Å². The molecule has 2 heterocycles. The molecule has 0 unspecified atom stereocenters. The number of hydrogen-bond acceptors (Lipinski definition) is 2. The van der Waals surface area contributed by atoms with Crippen molar-refractivity contribution < 1.29 is 4.42 Å². The first-order chi connectivity index (χ1) is 8.81. The summed E-state index contributed by atoms with van der Waals surface area (Å²) in [5.74, 6) is 0.607. The van der Waals surface area contributed by atoms with Gasteiger partial charge in [0.15, 0.2) is 17.3 Å². The van der Waals surface area contributed by atoms with Gasteiger partial charge in [-0.15, -0.1) is 6.58 Å². The topological polar surface area (TPSA) is 31.0 Å². The van der Waals surface area contributed by atoms with Crippen LogP contribution in [0.5, 0.6) is 0 Å². The van der Waals surface area contributed by atoms with Crippen LogP contribution in [0.4, 0.5) is 0 Å². The third-order valence-electron chi connectivity index (χ3n) is 2.88. The number of hydrogen-bond donors (Lipinski definition) is 0. The molecule has 2 aromatic heterocycles. The molecule has 0 aliphatic carbocycles. The van der Waals surface area contributed by atoms with Crippen molar-refractivity contribution in [3.8, 4) is 11.3 Å². The van der Waals surface area contributed by atoms with Crippen molar-refractivity contribution in [3.63, 3.8) is 0 Å². The van der Waals surface area contributed by atoms with Crippen molar-refractivity contribution in [1.29, 1.82) is 0 Å². The lowest BCUT2D eigenvalue weighted by atomic mass is 10.1. The fourth-order valence-electron chi connectivity index (χ4n) is 2.13. The number of para-hydroxylation sites is 1. The molecule has 0 aliphatic rings. The van der Waals surface area contributed by atoms with Gasteiger partial charge in [-0.2, -0.15) is 0 Å². The molecule has 0 saturated heterocycles. The average Bonchev–Trinajstić information content (AvgIpc) is 2.95. The quantitative estimate of drug-likeness (QED) is 0.661. The van der Waals surface area contributed by atoms with Gasteiger partial charge in [-0.05, 0) is 6.07 Å². The second-order valence-electron chi connectivity index (χ2n) is 3.97. The number of allylic oxidation sites excluding steroid dienone is 1. The minimum Gasteiger partial charge on any atom is -0.442 e. The van der Waals surface area contributed by atoms with Crippen LogP contribution in [0.25, 0.3) is 22.2 Å². The number of oxazole rings is 1. The molecule has 18 heavy (non-hydrogen) atoms. The zero-order valence-corrected chi connectivity index (χ0v) is 10.4. The summed E-state index contributed by atoms with van der Waals surface area (Å²) in [7, 11) is 0. The van der Waals surface area contributed by atoms with Crippen LogP contribution in [-0.2, 0) is 6.54 Å². The average molecular weight is 259 g/mol. The second kappa shape index (κ2) is 4.35. The highest BCUT2D eigenvalue weighted by molar-refractivity contribution is 6.32. The lowest BCUT2D eigenvalue weighted by Gasteiger charge is -1.98. The molecule has 0 saturated carbocycles. The van der Waals surface area contributed by atoms with E-state index in [1.807, 2.05) is 30.5 Å². The van der Waals surface area contributed by atoms with E-state index in [4.69, 9.17) is 16.0 Å². The summed E-state index contributed by atoms with van der Waals surface area (Å²) in [6.45, 7) is 4.51. The van der Waals surface area contributed by atoms with Crippen molar-refractivity contribution in [3.05, 3.63) is 54.7 Å². The smallest absolute Gasteiger partial charge is 0.182 e. The normalized spacial score (nSPS) is 10.9. The molecule has 3 nitrogen and oxygen atoms in total. The lowest BCUT2D eigenvalue weighted by molar-refractivity contribution is 0.572. The Labute approximate surface area is 109 Å². The van der Waals surface area contributed by atoms with E-state index in [1.165, 1.54) is 6.39 Å². The van der Waals surface area contributed by atoms with Gasteiger partial charge in [-0.25, -0.2) is 4.98 Å². The van der Waals surface area contributed by atoms with Crippen LogP contribution >= 0.6 is 11.6 Å². The molecule has 1 aromatic carbocycles. The van der Waals surface area contributed by atoms with Gasteiger partial charge in [-0.3, -0.25) is 0 Å². The SMILES string of the molecule is C=CCn1cc(-c2ocnc2Cl)c2ccccc21. The van der Waals surface area contributed by atoms with E-state index in [0.717, 1.165) is 23.0 Å². The van der Waals surface area contributed by atoms with Gasteiger partial charge >= 0.3 is 0 Å². The highest BCUT2D eigenvalue weighted by atomic mass is 35.5. The Morgan fingerprint density at radius 3 is 2.94 bits per heavy atom. The molecule has 3 rings (SSSR count). The van der Waals surface area contributed by atoms with Gasteiger partial charge in [0.05, 0.1) is 0 Å². The lowest BCUT2D eigenvalue weighted by Crippen LogP contribution is -1.90. The Kier molecular flexibility index (Phi) is 2.68. The molecule has 0 radical (unpaired) electrons. The predicted octanol–water partition coefficient (Wildman–Crippen LogP) is 4.14. The van der Waals surface area contributed by atoms with Crippen molar-refractivity contribution in [1.82, 2.24) is 9.55 Å². The molecular formula is C14H11ClN2O. The van der Waals surface area contributed by atoms with E-state index in [-0.39, 0.29) is 0 Å². The van der Waals surface area contributed by atoms with E-state index in [9.17, 15) is 0 Å². The summed E-state index contributed by atoms with van der Waals surface area (Å²) >= 11 is 6.03. The number of aromatic nitrogens is 2. The van der Waals surface area contributed by atoms with Crippen LogP contribution in [0.3, 0.4) is 0 Å². The maximum Gasteiger partial charge on any atom is 0.182 e. The molecule has 0 aliphatic heterocycles. The van der Waals surface area contributed by atoms with Crippen molar-refractivity contribution >= 4 is 22.5 Å². The Morgan fingerprint density at radius 2 is 2.22 bits per heavy atom. The summed E-state index contributed by atoms with van der Waals surface area (Å²) < 4.78 is 7.48. The zero-order chi connectivity index (χ0) is 12.5. The van der Waals surface area contributed by atoms with Crippen molar-refractivity contribution in [2.24, 2.45) is 0 Å². The predicted molar refractivity (Wildman–Crippen MR) is 72.6 cm³/mol. The molecule has 3 aromatic rings. The third kappa shape index (κ3) is 1.64. The van der Waals surface area contributed by atoms with E-state index < -0.39 is 0 Å². The van der Waals surface area contributed by atoms with Crippen molar-refractivity contribution in [2.75, 3.05) is 0 Å². The third-order valence-corrected chi connectivity index (χ3v) is 3.15. The molecule has 90 valence electrons. The minimum atomic E-state index is 0.386. The summed E-state index contributed by atoms with van der Waals surface area (Å²) in [6, 6.07) is 8.11. The summed E-state index contributed by atoms with van der Waals surface area (Å²) in [6.07, 6.45) is 5.23. The standard InChI is InChI=1S/C14H11ClN2O/c1-2-7-17-8-11(13-14(15)16-9-18-13)10-5-3-4-6-12(10)17/h2-6,8-9H,1,7H2. The zero-order valence-electron chi connectivity index (χ0n) is 9.64. The first-order valence-corrected chi connectivity index (χ1v) is 5.97. The van der Waals surface area contributed by atoms with Gasteiger partial charge in [0.25, 0.3) is 0 Å². The Bertz CT molecular complexity index is 711. The molecule has 0 bridgehead atoms. The second-order valence-corrected chi connectivity index (χ2v) is 4.33. The van der Waals surface area contributed by atoms with Crippen molar-refractivity contribution in [2.45, 2.75) is 6.54 Å². The fraction of sp³-hybridized carbons (Fsp3) is 0.0714. The number of rotatable bonds is 3. The Hall–Kier alpha value is -2.00. The van der Waals surface area contributed by atoms with Crippen LogP contribution in [0.1, 0.15) is 0 Å². The molecule has 4 heteroatoms. The number of benzene rings is 1. The van der Waals surface area contributed by atoms with E-state index >= 15 is 0 Å². The Morgan fingerprint density at radius 1 is 1.39 bits per heavy atom. The summed E-state index contributed by atoms with van der Waals surface area (Å²) in [5.41, 5.74) is 2.08. The van der Waals surface area contributed by atoms with Gasteiger partial charge in [0.1, 0.15) is 0 Å². The van der Waals surface area contributed by atoms with Crippen LogP contribution < -0.4 is 0 Å². The van der Waals surface area contributed by atoms with Gasteiger partial charge in [0, 0.05) is 29.2 Å². The van der Waals surface area contributed by atoms with E-state index in [0.29, 0.717) is 10.9 Å². The minimum absolute atomic E-state index is 0.386.